The number of piperidine rings is 1. The molecule has 2 heterocycles. The number of hydrogen-bond acceptors (Lipinski definition) is 2. The van der Waals surface area contributed by atoms with Gasteiger partial charge in [0.2, 0.25) is 0 Å². The van der Waals surface area contributed by atoms with Crippen LogP contribution < -0.4 is 0 Å². The highest BCUT2D eigenvalue weighted by Crippen LogP contribution is 2.30. The summed E-state index contributed by atoms with van der Waals surface area (Å²) in [4.78, 5) is 5.26. The fourth-order valence-corrected chi connectivity index (χ4v) is 3.47. The molecule has 2 aliphatic heterocycles. The first kappa shape index (κ1) is 13.1. The van der Waals surface area contributed by atoms with E-state index in [0.717, 1.165) is 12.0 Å². The second-order valence-corrected chi connectivity index (χ2v) is 6.23. The van der Waals surface area contributed by atoms with Gasteiger partial charge in [-0.25, -0.2) is 0 Å². The van der Waals surface area contributed by atoms with Gasteiger partial charge in [-0.1, -0.05) is 36.8 Å². The molecule has 0 radical (unpaired) electrons. The highest BCUT2D eigenvalue weighted by molar-refractivity contribution is 5.25. The predicted octanol–water partition coefficient (Wildman–Crippen LogP) is 2.88. The highest BCUT2D eigenvalue weighted by atomic mass is 15.3. The Bertz CT molecular complexity index is 398. The lowest BCUT2D eigenvalue weighted by Gasteiger charge is -2.47. The molecule has 2 aliphatic rings. The van der Waals surface area contributed by atoms with Crippen molar-refractivity contribution in [3.8, 4) is 0 Å². The molecule has 0 atom stereocenters. The first-order chi connectivity index (χ1) is 9.26. The third-order valence-electron chi connectivity index (χ3n) is 4.98. The number of rotatable bonds is 3. The number of hydrogen-bond donors (Lipinski definition) is 0. The van der Waals surface area contributed by atoms with Gasteiger partial charge in [-0.3, -0.25) is 4.90 Å². The maximum absolute atomic E-state index is 2.72. The number of aryl methyl sites for hydroxylation is 1. The number of nitrogens with zero attached hydrogens (tertiary/aromatic N) is 2. The summed E-state index contributed by atoms with van der Waals surface area (Å²) in [5.74, 6) is 0.791. The maximum atomic E-state index is 2.72. The zero-order valence-electron chi connectivity index (χ0n) is 12.3. The second-order valence-electron chi connectivity index (χ2n) is 6.23. The molecule has 0 saturated carbocycles. The summed E-state index contributed by atoms with van der Waals surface area (Å²) in [5, 5.41) is 0. The minimum Gasteiger partial charge on any atom is -0.300 e. The number of likely N-dealkylation sites (N-methyl/N-ethyl adjacent to an activating group) is 1. The summed E-state index contributed by atoms with van der Waals surface area (Å²) in [6, 6.07) is 10.0. The normalized spacial score (nSPS) is 23.5. The van der Waals surface area contributed by atoms with E-state index in [1.54, 1.807) is 5.56 Å². The summed E-state index contributed by atoms with van der Waals surface area (Å²) in [5.41, 5.74) is 2.92. The van der Waals surface area contributed by atoms with E-state index in [2.05, 4.69) is 47.9 Å². The second kappa shape index (κ2) is 5.64. The topological polar surface area (TPSA) is 6.48 Å². The van der Waals surface area contributed by atoms with Crippen molar-refractivity contribution in [1.29, 1.82) is 0 Å². The first-order valence-electron chi connectivity index (χ1n) is 7.79. The van der Waals surface area contributed by atoms with Crippen LogP contribution in [0.3, 0.4) is 0 Å². The zero-order valence-corrected chi connectivity index (χ0v) is 12.3. The Morgan fingerprint density at radius 2 is 1.68 bits per heavy atom. The Balaban J connectivity index is 1.51. The average molecular weight is 258 g/mol. The fourth-order valence-electron chi connectivity index (χ4n) is 3.47. The van der Waals surface area contributed by atoms with Crippen molar-refractivity contribution in [2.24, 2.45) is 0 Å². The molecule has 2 fully saturated rings. The van der Waals surface area contributed by atoms with Crippen LogP contribution >= 0.6 is 0 Å². The van der Waals surface area contributed by atoms with Crippen molar-refractivity contribution >= 4 is 0 Å². The van der Waals surface area contributed by atoms with Gasteiger partial charge >= 0.3 is 0 Å². The Kier molecular flexibility index (Phi) is 3.90. The van der Waals surface area contributed by atoms with Gasteiger partial charge < -0.3 is 4.90 Å². The van der Waals surface area contributed by atoms with Gasteiger partial charge in [-0.05, 0) is 50.9 Å². The largest absolute Gasteiger partial charge is 0.300 e. The molecule has 0 bridgehead atoms. The van der Waals surface area contributed by atoms with E-state index < -0.39 is 0 Å². The lowest BCUT2D eigenvalue weighted by Crippen LogP contribution is -2.60. The highest BCUT2D eigenvalue weighted by Gasteiger charge is 2.32. The Hall–Kier alpha value is -0.860. The fraction of sp³-hybridized carbons (Fsp3) is 0.647. The van der Waals surface area contributed by atoms with Crippen LogP contribution in [-0.4, -0.2) is 48.6 Å². The molecular weight excluding hydrogens is 232 g/mol. The summed E-state index contributed by atoms with van der Waals surface area (Å²) >= 11 is 0. The number of likely N-dealkylation sites (tertiary alicyclic amines) is 2. The van der Waals surface area contributed by atoms with Crippen molar-refractivity contribution in [3.63, 3.8) is 0 Å². The smallest absolute Gasteiger partial charge is 0.0350 e. The van der Waals surface area contributed by atoms with Crippen LogP contribution in [0.2, 0.25) is 0 Å². The SMILES string of the molecule is CCN1CC(N2CCC(c3ccc(C)cc3)CC2)C1. The quantitative estimate of drug-likeness (QED) is 0.822. The average Bonchev–Trinajstić information content (AvgIpc) is 2.39. The van der Waals surface area contributed by atoms with Crippen LogP contribution in [0.1, 0.15) is 36.8 Å². The summed E-state index contributed by atoms with van der Waals surface area (Å²) in [6.07, 6.45) is 2.68. The van der Waals surface area contributed by atoms with Crippen molar-refractivity contribution < 1.29 is 0 Å². The Morgan fingerprint density at radius 1 is 1.05 bits per heavy atom. The van der Waals surface area contributed by atoms with Crippen LogP contribution in [-0.2, 0) is 0 Å². The molecular formula is C17H26N2. The minimum atomic E-state index is 0.791. The van der Waals surface area contributed by atoms with Gasteiger partial charge in [-0.15, -0.1) is 0 Å². The lowest BCUT2D eigenvalue weighted by molar-refractivity contribution is 0.0236. The molecule has 0 aromatic heterocycles. The van der Waals surface area contributed by atoms with Crippen LogP contribution in [0.4, 0.5) is 0 Å². The van der Waals surface area contributed by atoms with Gasteiger partial charge in [0.05, 0.1) is 0 Å². The summed E-state index contributed by atoms with van der Waals surface area (Å²) in [7, 11) is 0. The molecule has 1 aromatic rings. The van der Waals surface area contributed by atoms with Gasteiger partial charge in [0.1, 0.15) is 0 Å². The van der Waals surface area contributed by atoms with Gasteiger partial charge in [-0.2, -0.15) is 0 Å². The molecule has 0 spiro atoms. The van der Waals surface area contributed by atoms with E-state index in [0.29, 0.717) is 0 Å². The molecule has 0 amide bonds. The Morgan fingerprint density at radius 3 is 2.26 bits per heavy atom. The van der Waals surface area contributed by atoms with Crippen molar-refractivity contribution in [3.05, 3.63) is 35.4 Å². The molecule has 0 N–H and O–H groups in total. The van der Waals surface area contributed by atoms with Gasteiger partial charge in [0, 0.05) is 19.1 Å². The maximum Gasteiger partial charge on any atom is 0.0350 e. The van der Waals surface area contributed by atoms with Crippen LogP contribution in [0.25, 0.3) is 0 Å². The monoisotopic (exact) mass is 258 g/mol. The molecule has 19 heavy (non-hydrogen) atoms. The third-order valence-corrected chi connectivity index (χ3v) is 4.98. The van der Waals surface area contributed by atoms with E-state index in [1.165, 1.54) is 51.1 Å². The molecule has 0 aliphatic carbocycles. The van der Waals surface area contributed by atoms with Crippen LogP contribution in [0.15, 0.2) is 24.3 Å². The van der Waals surface area contributed by atoms with E-state index in [4.69, 9.17) is 0 Å². The van der Waals surface area contributed by atoms with Crippen molar-refractivity contribution in [1.82, 2.24) is 9.80 Å². The van der Waals surface area contributed by atoms with E-state index in [9.17, 15) is 0 Å². The van der Waals surface area contributed by atoms with Gasteiger partial charge in [0.25, 0.3) is 0 Å². The molecule has 104 valence electrons. The third kappa shape index (κ3) is 2.85. The molecule has 3 rings (SSSR count). The van der Waals surface area contributed by atoms with Crippen LogP contribution in [0, 0.1) is 6.92 Å². The lowest BCUT2D eigenvalue weighted by atomic mass is 9.88. The summed E-state index contributed by atoms with van der Waals surface area (Å²) in [6.45, 7) is 10.8. The first-order valence-corrected chi connectivity index (χ1v) is 7.79. The molecule has 1 aromatic carbocycles. The predicted molar refractivity (Wildman–Crippen MR) is 80.6 cm³/mol. The zero-order chi connectivity index (χ0) is 13.2. The van der Waals surface area contributed by atoms with E-state index in [-0.39, 0.29) is 0 Å². The molecule has 0 unspecified atom stereocenters. The minimum absolute atomic E-state index is 0.791. The van der Waals surface area contributed by atoms with E-state index in [1.807, 2.05) is 0 Å². The summed E-state index contributed by atoms with van der Waals surface area (Å²) < 4.78 is 0. The van der Waals surface area contributed by atoms with Gasteiger partial charge in [0.15, 0.2) is 0 Å². The molecule has 2 heteroatoms. The van der Waals surface area contributed by atoms with E-state index >= 15 is 0 Å². The molecule has 2 nitrogen and oxygen atoms in total. The standard InChI is InChI=1S/C17H26N2/c1-3-18-12-17(13-18)19-10-8-16(9-11-19)15-6-4-14(2)5-7-15/h4-7,16-17H,3,8-13H2,1-2H3. The van der Waals surface area contributed by atoms with Crippen molar-refractivity contribution in [2.45, 2.75) is 38.6 Å². The van der Waals surface area contributed by atoms with Crippen molar-refractivity contribution in [2.75, 3.05) is 32.7 Å². The Labute approximate surface area is 117 Å². The molecule has 2 saturated heterocycles. The number of benzene rings is 1. The van der Waals surface area contributed by atoms with Crippen LogP contribution in [0.5, 0.6) is 0 Å².